The molecule has 47 heavy (non-hydrogen) atoms. The number of benzene rings is 2. The Kier molecular flexibility index (Phi) is 7.50. The van der Waals surface area contributed by atoms with Crippen molar-refractivity contribution in [2.75, 3.05) is 4.90 Å². The third-order valence-electron chi connectivity index (χ3n) is 10.5. The fourth-order valence-corrected chi connectivity index (χ4v) is 9.60. The van der Waals surface area contributed by atoms with Crippen LogP contribution in [0, 0.1) is 46.8 Å². The second-order valence-corrected chi connectivity index (χ2v) is 14.4. The number of phenolic OH excluding ortho intramolecular Hbond substituents is 1. The molecule has 2 aliphatic heterocycles. The van der Waals surface area contributed by atoms with E-state index in [1.54, 1.807) is 6.08 Å². The number of carbonyl (C=O) groups excluding carboxylic acids is 4. The molecule has 7 rings (SSSR count). The summed E-state index contributed by atoms with van der Waals surface area (Å²) in [5.41, 5.74) is -1.54. The van der Waals surface area contributed by atoms with E-state index in [2.05, 4.69) is 0 Å². The molecule has 2 aromatic rings. The van der Waals surface area contributed by atoms with Crippen molar-refractivity contribution in [3.63, 3.8) is 0 Å². The topological polar surface area (TPSA) is 95.0 Å². The van der Waals surface area contributed by atoms with Gasteiger partial charge in [-0.1, -0.05) is 48.6 Å². The molecule has 4 fully saturated rings. The average Bonchev–Trinajstić information content (AvgIpc) is 3.38. The summed E-state index contributed by atoms with van der Waals surface area (Å²) in [4.78, 5) is 52.0. The molecule has 0 aromatic heterocycles. The van der Waals surface area contributed by atoms with Crippen LogP contribution < -0.4 is 4.90 Å². The summed E-state index contributed by atoms with van der Waals surface area (Å²) in [5, 5.41) is 9.91. The Balaban J connectivity index is 1.42. The first-order valence-corrected chi connectivity index (χ1v) is 16.1. The SMILES string of the molecule is O=C1[C@H]2[C@H](CC=C3[C@H]2C[C@@]2(Cl)C(=O)N(c4c(F)c(F)c(F)c(F)c4F)C(=O)[C@@]2(Cl)[C@H]3c2ccc(O)cc2Cl)C(=O)N1C1CCCCC1. The van der Waals surface area contributed by atoms with Crippen molar-refractivity contribution < 1.29 is 46.2 Å². The van der Waals surface area contributed by atoms with Crippen LogP contribution in [0.1, 0.15) is 56.4 Å². The second-order valence-electron chi connectivity index (χ2n) is 12.7. The first-order chi connectivity index (χ1) is 22.2. The van der Waals surface area contributed by atoms with Gasteiger partial charge in [-0.25, -0.2) is 26.9 Å². The van der Waals surface area contributed by atoms with Gasteiger partial charge in [0.25, 0.3) is 11.8 Å². The van der Waals surface area contributed by atoms with Gasteiger partial charge >= 0.3 is 0 Å². The number of likely N-dealkylation sites (tertiary alicyclic amines) is 1. The molecule has 7 nitrogen and oxygen atoms in total. The van der Waals surface area contributed by atoms with Crippen molar-refractivity contribution in [1.29, 1.82) is 0 Å². The van der Waals surface area contributed by atoms with Crippen molar-refractivity contribution in [3.8, 4) is 5.75 Å². The van der Waals surface area contributed by atoms with Gasteiger partial charge in [-0.05, 0) is 49.3 Å². The predicted octanol–water partition coefficient (Wildman–Crippen LogP) is 6.64. The highest BCUT2D eigenvalue weighted by Crippen LogP contribution is 2.66. The number of rotatable bonds is 3. The number of fused-ring (bicyclic) bond motifs is 4. The van der Waals surface area contributed by atoms with Gasteiger partial charge in [0.05, 0.1) is 11.8 Å². The van der Waals surface area contributed by atoms with Crippen molar-refractivity contribution in [3.05, 3.63) is 69.5 Å². The molecule has 0 spiro atoms. The van der Waals surface area contributed by atoms with Crippen molar-refractivity contribution >= 4 is 64.1 Å². The highest BCUT2D eigenvalue weighted by Gasteiger charge is 2.77. The van der Waals surface area contributed by atoms with E-state index >= 15 is 8.78 Å². The van der Waals surface area contributed by atoms with Crippen molar-refractivity contribution in [1.82, 2.24) is 4.90 Å². The summed E-state index contributed by atoms with van der Waals surface area (Å²) < 4.78 is 73.0. The minimum absolute atomic E-state index is 0.0280. The molecule has 2 saturated heterocycles. The maximum absolute atomic E-state index is 15.1. The molecule has 2 saturated carbocycles. The van der Waals surface area contributed by atoms with Gasteiger partial charge in [0.2, 0.25) is 17.6 Å². The number of alkyl halides is 2. The number of phenols is 1. The lowest BCUT2D eigenvalue weighted by Gasteiger charge is -2.51. The fraction of sp³-hybridized carbons (Fsp3) is 0.438. The molecule has 3 aliphatic carbocycles. The lowest BCUT2D eigenvalue weighted by molar-refractivity contribution is -0.143. The minimum Gasteiger partial charge on any atom is -0.508 e. The van der Waals surface area contributed by atoms with Crippen LogP contribution in [-0.4, -0.2) is 49.4 Å². The van der Waals surface area contributed by atoms with Crippen LogP contribution in [0.25, 0.3) is 0 Å². The van der Waals surface area contributed by atoms with Gasteiger partial charge in [-0.3, -0.25) is 24.1 Å². The number of nitrogens with zero attached hydrogens (tertiary/aromatic N) is 2. The third kappa shape index (κ3) is 4.16. The number of hydrogen-bond acceptors (Lipinski definition) is 5. The highest BCUT2D eigenvalue weighted by molar-refractivity contribution is 6.58. The maximum Gasteiger partial charge on any atom is 0.258 e. The molecule has 2 heterocycles. The summed E-state index contributed by atoms with van der Waals surface area (Å²) >= 11 is 20.7. The zero-order chi connectivity index (χ0) is 33.9. The highest BCUT2D eigenvalue weighted by atomic mass is 35.5. The van der Waals surface area contributed by atoms with E-state index in [-0.39, 0.29) is 45.2 Å². The Labute approximate surface area is 279 Å². The summed E-state index contributed by atoms with van der Waals surface area (Å²) in [7, 11) is 0. The zero-order valence-corrected chi connectivity index (χ0v) is 26.4. The quantitative estimate of drug-likeness (QED) is 0.0961. The average molecular weight is 718 g/mol. The van der Waals surface area contributed by atoms with E-state index in [0.29, 0.717) is 12.8 Å². The number of hydrogen-bond donors (Lipinski definition) is 1. The van der Waals surface area contributed by atoms with Crippen LogP contribution in [-0.2, 0) is 19.2 Å². The normalized spacial score (nSPS) is 32.5. The van der Waals surface area contributed by atoms with E-state index in [9.17, 15) is 37.5 Å². The molecular weight excluding hydrogens is 694 g/mol. The molecule has 2 aromatic carbocycles. The lowest BCUT2D eigenvalue weighted by atomic mass is 9.56. The van der Waals surface area contributed by atoms with Crippen molar-refractivity contribution in [2.45, 2.75) is 66.7 Å². The number of anilines is 1. The zero-order valence-electron chi connectivity index (χ0n) is 24.1. The summed E-state index contributed by atoms with van der Waals surface area (Å²) in [6.07, 6.45) is 4.93. The van der Waals surface area contributed by atoms with E-state index in [4.69, 9.17) is 34.8 Å². The third-order valence-corrected chi connectivity index (χ3v) is 12.2. The van der Waals surface area contributed by atoms with Crippen molar-refractivity contribution in [2.24, 2.45) is 17.8 Å². The molecule has 15 heteroatoms. The standard InChI is InChI=1S/C32H24Cl3F5N2O5/c33-18-10-13(43)6-7-15(18)20-14-8-9-16-19(28(45)41(27(16)44)12-4-2-1-3-5-12)17(14)11-31(34)29(46)42(30(47)32(20,31)35)26-24(39)22(37)21(36)23(38)25(26)40/h6-8,10,12,16-17,19-20,43H,1-5,9,11H2/t16-,17+,19-,20+,31+,32-/m0/s1. The lowest BCUT2D eigenvalue weighted by Crippen LogP contribution is -2.60. The van der Waals surface area contributed by atoms with E-state index in [1.807, 2.05) is 0 Å². The number of amides is 4. The van der Waals surface area contributed by atoms with Crippen LogP contribution in [0.4, 0.5) is 27.6 Å². The molecule has 1 N–H and O–H groups in total. The Morgan fingerprint density at radius 1 is 0.809 bits per heavy atom. The molecule has 6 atom stereocenters. The van der Waals surface area contributed by atoms with Gasteiger partial charge in [0.15, 0.2) is 33.0 Å². The van der Waals surface area contributed by atoms with Gasteiger partial charge in [-0.2, -0.15) is 0 Å². The molecule has 0 bridgehead atoms. The van der Waals surface area contributed by atoms with Gasteiger partial charge in [0, 0.05) is 17.0 Å². The fourth-order valence-electron chi connectivity index (χ4n) is 8.39. The monoisotopic (exact) mass is 716 g/mol. The number of allylic oxidation sites excluding steroid dienone is 2. The number of aromatic hydroxyl groups is 1. The first kappa shape index (κ1) is 32.3. The Bertz CT molecular complexity index is 1810. The maximum atomic E-state index is 15.1. The summed E-state index contributed by atoms with van der Waals surface area (Å²) in [5.74, 6) is -21.0. The summed E-state index contributed by atoms with van der Waals surface area (Å²) in [6.45, 7) is 0. The molecule has 248 valence electrons. The van der Waals surface area contributed by atoms with E-state index in [0.717, 1.165) is 25.3 Å². The largest absolute Gasteiger partial charge is 0.508 e. The Morgan fingerprint density at radius 2 is 1.43 bits per heavy atom. The smallest absolute Gasteiger partial charge is 0.258 e. The van der Waals surface area contributed by atoms with Crippen LogP contribution >= 0.6 is 34.8 Å². The van der Waals surface area contributed by atoms with Crippen LogP contribution in [0.5, 0.6) is 5.75 Å². The second kappa shape index (κ2) is 10.9. The van der Waals surface area contributed by atoms with Crippen LogP contribution in [0.15, 0.2) is 29.8 Å². The van der Waals surface area contributed by atoms with Gasteiger partial charge in [-0.15, -0.1) is 23.2 Å². The molecule has 5 aliphatic rings. The molecule has 0 radical (unpaired) electrons. The Morgan fingerprint density at radius 3 is 2.04 bits per heavy atom. The van der Waals surface area contributed by atoms with E-state index < -0.39 is 92.3 Å². The minimum atomic E-state index is -2.68. The van der Waals surface area contributed by atoms with Gasteiger partial charge in [0.1, 0.15) is 11.4 Å². The molecule has 0 unspecified atom stereocenters. The number of imide groups is 2. The molecular formula is C32H24Cl3F5N2O5. The Hall–Kier alpha value is -3.22. The summed E-state index contributed by atoms with van der Waals surface area (Å²) in [6, 6.07) is 3.28. The van der Waals surface area contributed by atoms with Crippen LogP contribution in [0.3, 0.4) is 0 Å². The first-order valence-electron chi connectivity index (χ1n) is 15.0. The van der Waals surface area contributed by atoms with Crippen LogP contribution in [0.2, 0.25) is 5.02 Å². The molecule has 4 amide bonds. The number of halogens is 8. The number of carbonyl (C=O) groups is 4. The van der Waals surface area contributed by atoms with Gasteiger partial charge < -0.3 is 5.11 Å². The predicted molar refractivity (Wildman–Crippen MR) is 158 cm³/mol. The van der Waals surface area contributed by atoms with E-state index in [1.165, 1.54) is 17.0 Å².